The second-order valence-corrected chi connectivity index (χ2v) is 4.54. The number of nitrogens with zero attached hydrogens (tertiary/aromatic N) is 1. The van der Waals surface area contributed by atoms with Crippen molar-refractivity contribution in [2.24, 2.45) is 0 Å². The van der Waals surface area contributed by atoms with E-state index < -0.39 is 11.6 Å². The van der Waals surface area contributed by atoms with Gasteiger partial charge in [-0.25, -0.2) is 8.78 Å². The fourth-order valence-corrected chi connectivity index (χ4v) is 1.99. The van der Waals surface area contributed by atoms with Crippen LogP contribution in [-0.2, 0) is 16.1 Å². The van der Waals surface area contributed by atoms with Crippen molar-refractivity contribution in [2.45, 2.75) is 6.54 Å². The molecule has 1 aliphatic rings. The highest BCUT2D eigenvalue weighted by molar-refractivity contribution is 9.10. The lowest BCUT2D eigenvalue weighted by molar-refractivity contribution is -0.143. The molecule has 0 aliphatic carbocycles. The van der Waals surface area contributed by atoms with E-state index in [2.05, 4.69) is 15.9 Å². The van der Waals surface area contributed by atoms with E-state index in [4.69, 9.17) is 4.74 Å². The molecule has 0 unspecified atom stereocenters. The number of hydrogen-bond donors (Lipinski definition) is 0. The predicted octanol–water partition coefficient (Wildman–Crippen LogP) is 2.09. The third-order valence-corrected chi connectivity index (χ3v) is 3.18. The molecule has 17 heavy (non-hydrogen) atoms. The Morgan fingerprint density at radius 1 is 1.41 bits per heavy atom. The molecule has 0 aromatic heterocycles. The van der Waals surface area contributed by atoms with Gasteiger partial charge in [-0.15, -0.1) is 0 Å². The molecule has 92 valence electrons. The minimum atomic E-state index is -0.663. The molecule has 1 heterocycles. The van der Waals surface area contributed by atoms with Crippen LogP contribution < -0.4 is 0 Å². The Kier molecular flexibility index (Phi) is 3.73. The lowest BCUT2D eigenvalue weighted by Crippen LogP contribution is -2.41. The summed E-state index contributed by atoms with van der Waals surface area (Å²) in [5.41, 5.74) is -0.102. The van der Waals surface area contributed by atoms with E-state index in [1.807, 2.05) is 0 Å². The van der Waals surface area contributed by atoms with Crippen molar-refractivity contribution in [3.05, 3.63) is 33.8 Å². The Morgan fingerprint density at radius 2 is 2.18 bits per heavy atom. The summed E-state index contributed by atoms with van der Waals surface area (Å²) in [6.45, 7) is 0.643. The first kappa shape index (κ1) is 12.4. The van der Waals surface area contributed by atoms with Gasteiger partial charge >= 0.3 is 0 Å². The number of carbonyl (C=O) groups is 1. The summed E-state index contributed by atoms with van der Waals surface area (Å²) in [4.78, 5) is 12.8. The maximum Gasteiger partial charge on any atom is 0.248 e. The zero-order chi connectivity index (χ0) is 12.4. The highest BCUT2D eigenvalue weighted by Gasteiger charge is 2.22. The Bertz CT molecular complexity index is 453. The summed E-state index contributed by atoms with van der Waals surface area (Å²) in [5, 5.41) is 0. The number of ether oxygens (including phenoxy) is 1. The van der Waals surface area contributed by atoms with E-state index >= 15 is 0 Å². The normalized spacial score (nSPS) is 16.4. The van der Waals surface area contributed by atoms with Gasteiger partial charge in [-0.1, -0.05) is 0 Å². The van der Waals surface area contributed by atoms with Crippen molar-refractivity contribution in [1.82, 2.24) is 4.90 Å². The van der Waals surface area contributed by atoms with Crippen molar-refractivity contribution < 1.29 is 18.3 Å². The van der Waals surface area contributed by atoms with E-state index in [0.717, 1.165) is 0 Å². The summed E-state index contributed by atoms with van der Waals surface area (Å²) >= 11 is 2.99. The van der Waals surface area contributed by atoms with Crippen molar-refractivity contribution in [3.8, 4) is 0 Å². The molecular weight excluding hydrogens is 296 g/mol. The van der Waals surface area contributed by atoms with Gasteiger partial charge in [0.2, 0.25) is 5.91 Å². The van der Waals surface area contributed by atoms with E-state index in [9.17, 15) is 13.6 Å². The van der Waals surface area contributed by atoms with Crippen LogP contribution in [0.1, 0.15) is 5.56 Å². The zero-order valence-corrected chi connectivity index (χ0v) is 10.5. The van der Waals surface area contributed by atoms with E-state index in [1.165, 1.54) is 17.0 Å². The van der Waals surface area contributed by atoms with Crippen molar-refractivity contribution in [3.63, 3.8) is 0 Å². The SMILES string of the molecule is O=C1COCCN1Cc1c(F)ccc(Br)c1F. The zero-order valence-electron chi connectivity index (χ0n) is 8.88. The smallest absolute Gasteiger partial charge is 0.248 e. The molecule has 1 aliphatic heterocycles. The van der Waals surface area contributed by atoms with Crippen LogP contribution in [0.5, 0.6) is 0 Å². The summed E-state index contributed by atoms with van der Waals surface area (Å²) in [6.07, 6.45) is 0. The lowest BCUT2D eigenvalue weighted by atomic mass is 10.1. The molecule has 1 aromatic carbocycles. The highest BCUT2D eigenvalue weighted by Crippen LogP contribution is 2.23. The second kappa shape index (κ2) is 5.10. The molecule has 0 saturated carbocycles. The third kappa shape index (κ3) is 2.63. The standard InChI is InChI=1S/C11H10BrF2NO2/c12-8-1-2-9(13)7(11(8)14)5-15-3-4-17-6-10(15)16/h1-2H,3-6H2. The molecule has 0 radical (unpaired) electrons. The van der Waals surface area contributed by atoms with Gasteiger partial charge in [0.1, 0.15) is 18.2 Å². The summed E-state index contributed by atoms with van der Waals surface area (Å²) < 4.78 is 32.3. The number of benzene rings is 1. The topological polar surface area (TPSA) is 29.5 Å². The minimum Gasteiger partial charge on any atom is -0.370 e. The summed E-state index contributed by atoms with van der Waals surface area (Å²) in [5.74, 6) is -1.57. The number of amides is 1. The fourth-order valence-electron chi connectivity index (χ4n) is 1.62. The fraction of sp³-hybridized carbons (Fsp3) is 0.364. The molecule has 2 rings (SSSR count). The van der Waals surface area contributed by atoms with Crippen molar-refractivity contribution >= 4 is 21.8 Å². The van der Waals surface area contributed by atoms with Crippen LogP contribution >= 0.6 is 15.9 Å². The first-order chi connectivity index (χ1) is 8.09. The molecule has 1 saturated heterocycles. The van der Waals surface area contributed by atoms with Crippen molar-refractivity contribution in [2.75, 3.05) is 19.8 Å². The Labute approximate surface area is 105 Å². The van der Waals surface area contributed by atoms with Gasteiger partial charge in [0.05, 0.1) is 17.6 Å². The van der Waals surface area contributed by atoms with E-state index in [1.54, 1.807) is 0 Å². The van der Waals surface area contributed by atoms with Gasteiger partial charge in [-0.2, -0.15) is 0 Å². The Hall–Kier alpha value is -1.01. The average molecular weight is 306 g/mol. The van der Waals surface area contributed by atoms with Gasteiger partial charge in [-0.3, -0.25) is 4.79 Å². The van der Waals surface area contributed by atoms with Crippen LogP contribution in [0.4, 0.5) is 8.78 Å². The largest absolute Gasteiger partial charge is 0.370 e. The second-order valence-electron chi connectivity index (χ2n) is 3.69. The van der Waals surface area contributed by atoms with Crippen LogP contribution in [0.3, 0.4) is 0 Å². The van der Waals surface area contributed by atoms with Crippen LogP contribution in [0.2, 0.25) is 0 Å². The van der Waals surface area contributed by atoms with Gasteiger partial charge in [-0.05, 0) is 28.1 Å². The van der Waals surface area contributed by atoms with E-state index in [0.29, 0.717) is 13.2 Å². The summed E-state index contributed by atoms with van der Waals surface area (Å²) in [7, 11) is 0. The first-order valence-corrected chi connectivity index (χ1v) is 5.87. The maximum absolute atomic E-state index is 13.7. The van der Waals surface area contributed by atoms with Crippen LogP contribution in [0, 0.1) is 11.6 Å². The van der Waals surface area contributed by atoms with Gasteiger partial charge < -0.3 is 9.64 Å². The van der Waals surface area contributed by atoms with Gasteiger partial charge in [0, 0.05) is 12.1 Å². The predicted molar refractivity (Wildman–Crippen MR) is 60.3 cm³/mol. The molecule has 0 spiro atoms. The molecular formula is C11H10BrF2NO2. The Balaban J connectivity index is 2.23. The minimum absolute atomic E-state index is 0.0305. The molecule has 0 atom stereocenters. The highest BCUT2D eigenvalue weighted by atomic mass is 79.9. The first-order valence-electron chi connectivity index (χ1n) is 5.07. The molecule has 3 nitrogen and oxygen atoms in total. The number of hydrogen-bond acceptors (Lipinski definition) is 2. The van der Waals surface area contributed by atoms with Crippen LogP contribution in [0.15, 0.2) is 16.6 Å². The summed E-state index contributed by atoms with van der Waals surface area (Å²) in [6, 6.07) is 2.47. The van der Waals surface area contributed by atoms with Crippen LogP contribution in [0.25, 0.3) is 0 Å². The lowest BCUT2D eigenvalue weighted by Gasteiger charge is -2.27. The average Bonchev–Trinajstić information content (AvgIpc) is 2.32. The molecule has 1 aromatic rings. The van der Waals surface area contributed by atoms with Gasteiger partial charge in [0.25, 0.3) is 0 Å². The Morgan fingerprint density at radius 3 is 2.88 bits per heavy atom. The van der Waals surface area contributed by atoms with E-state index in [-0.39, 0.29) is 29.1 Å². The number of carbonyl (C=O) groups excluding carboxylic acids is 1. The quantitative estimate of drug-likeness (QED) is 0.783. The molecule has 0 N–H and O–H groups in total. The molecule has 0 bridgehead atoms. The monoisotopic (exact) mass is 305 g/mol. The number of morpholine rings is 1. The maximum atomic E-state index is 13.7. The third-order valence-electron chi connectivity index (χ3n) is 2.57. The molecule has 6 heteroatoms. The molecule has 1 fully saturated rings. The van der Waals surface area contributed by atoms with Crippen molar-refractivity contribution in [1.29, 1.82) is 0 Å². The van der Waals surface area contributed by atoms with Crippen LogP contribution in [-0.4, -0.2) is 30.6 Å². The number of rotatable bonds is 2. The molecule has 1 amide bonds. The number of halogens is 3. The van der Waals surface area contributed by atoms with Gasteiger partial charge in [0.15, 0.2) is 0 Å².